The number of nitrogens with two attached hydrogens (primary N) is 1. The summed E-state index contributed by atoms with van der Waals surface area (Å²) in [6, 6.07) is 10.7. The average molecular weight is 270 g/mol. The summed E-state index contributed by atoms with van der Waals surface area (Å²) in [4.78, 5) is 6.71. The predicted molar refractivity (Wildman–Crippen MR) is 80.5 cm³/mol. The standard InChI is InChI=1S/C16H22N4/c1-19-9-7-14(8-10-19)20-12-18-11-15(20)16(17)13-5-3-2-4-6-13/h2-6,11-12,14,16H,7-10,17H2,1H3. The van der Waals surface area contributed by atoms with Gasteiger partial charge in [0.1, 0.15) is 0 Å². The largest absolute Gasteiger partial charge is 0.330 e. The zero-order valence-electron chi connectivity index (χ0n) is 11.9. The van der Waals surface area contributed by atoms with Crippen molar-refractivity contribution in [1.29, 1.82) is 0 Å². The second kappa shape index (κ2) is 5.77. The van der Waals surface area contributed by atoms with Crippen LogP contribution >= 0.6 is 0 Å². The maximum Gasteiger partial charge on any atom is 0.0951 e. The van der Waals surface area contributed by atoms with Gasteiger partial charge in [-0.3, -0.25) is 0 Å². The molecule has 0 radical (unpaired) electrons. The summed E-state index contributed by atoms with van der Waals surface area (Å²) in [6.45, 7) is 2.28. The molecule has 1 aliphatic rings. The van der Waals surface area contributed by atoms with Crippen LogP contribution in [0.1, 0.15) is 36.2 Å². The fraction of sp³-hybridized carbons (Fsp3) is 0.438. The van der Waals surface area contributed by atoms with Gasteiger partial charge in [0.25, 0.3) is 0 Å². The fourth-order valence-corrected chi connectivity index (χ4v) is 2.97. The summed E-state index contributed by atoms with van der Waals surface area (Å²) in [7, 11) is 2.18. The number of rotatable bonds is 3. The van der Waals surface area contributed by atoms with E-state index in [1.807, 2.05) is 30.7 Å². The second-order valence-electron chi connectivity index (χ2n) is 5.65. The van der Waals surface area contributed by atoms with Crippen molar-refractivity contribution < 1.29 is 0 Å². The lowest BCUT2D eigenvalue weighted by atomic mass is 10.0. The lowest BCUT2D eigenvalue weighted by Gasteiger charge is -2.31. The van der Waals surface area contributed by atoms with E-state index in [9.17, 15) is 0 Å². The Morgan fingerprint density at radius 1 is 1.20 bits per heavy atom. The number of imidazole rings is 1. The molecule has 1 aliphatic heterocycles. The van der Waals surface area contributed by atoms with E-state index in [2.05, 4.69) is 33.6 Å². The van der Waals surface area contributed by atoms with Gasteiger partial charge in [-0.15, -0.1) is 0 Å². The Balaban J connectivity index is 1.83. The second-order valence-corrected chi connectivity index (χ2v) is 5.65. The van der Waals surface area contributed by atoms with Crippen LogP contribution in [0.4, 0.5) is 0 Å². The minimum Gasteiger partial charge on any atom is -0.330 e. The van der Waals surface area contributed by atoms with Crippen molar-refractivity contribution in [2.75, 3.05) is 20.1 Å². The molecule has 0 bridgehead atoms. The Kier molecular flexibility index (Phi) is 3.85. The first kappa shape index (κ1) is 13.3. The van der Waals surface area contributed by atoms with Crippen molar-refractivity contribution in [1.82, 2.24) is 14.5 Å². The van der Waals surface area contributed by atoms with E-state index in [4.69, 9.17) is 5.73 Å². The molecule has 0 spiro atoms. The molecule has 2 N–H and O–H groups in total. The summed E-state index contributed by atoms with van der Waals surface area (Å²) in [6.07, 6.45) is 6.19. The predicted octanol–water partition coefficient (Wildman–Crippen LogP) is 2.20. The van der Waals surface area contributed by atoms with Crippen LogP contribution in [-0.2, 0) is 0 Å². The first-order valence-corrected chi connectivity index (χ1v) is 7.26. The van der Waals surface area contributed by atoms with E-state index < -0.39 is 0 Å². The van der Waals surface area contributed by atoms with Gasteiger partial charge in [-0.05, 0) is 38.5 Å². The molecule has 4 heteroatoms. The minimum atomic E-state index is -0.0987. The SMILES string of the molecule is CN1CCC(n2cncc2C(N)c2ccccc2)CC1. The van der Waals surface area contributed by atoms with Gasteiger partial charge in [-0.2, -0.15) is 0 Å². The molecule has 2 aromatic rings. The molecule has 0 aliphatic carbocycles. The molecule has 4 nitrogen and oxygen atoms in total. The number of hydrogen-bond donors (Lipinski definition) is 1. The van der Waals surface area contributed by atoms with Crippen molar-refractivity contribution in [2.45, 2.75) is 24.9 Å². The van der Waals surface area contributed by atoms with Gasteiger partial charge in [-0.25, -0.2) is 4.98 Å². The Morgan fingerprint density at radius 3 is 2.60 bits per heavy atom. The number of benzene rings is 1. The van der Waals surface area contributed by atoms with Crippen LogP contribution in [0.25, 0.3) is 0 Å². The van der Waals surface area contributed by atoms with E-state index >= 15 is 0 Å². The van der Waals surface area contributed by atoms with Gasteiger partial charge < -0.3 is 15.2 Å². The van der Waals surface area contributed by atoms with Gasteiger partial charge in [0, 0.05) is 6.04 Å². The zero-order valence-corrected chi connectivity index (χ0v) is 11.9. The van der Waals surface area contributed by atoms with E-state index in [0.29, 0.717) is 6.04 Å². The molecule has 1 aromatic heterocycles. The molecule has 1 saturated heterocycles. The maximum atomic E-state index is 6.42. The molecular weight excluding hydrogens is 248 g/mol. The number of hydrogen-bond acceptors (Lipinski definition) is 3. The van der Waals surface area contributed by atoms with Crippen LogP contribution < -0.4 is 5.73 Å². The Morgan fingerprint density at radius 2 is 1.90 bits per heavy atom. The Labute approximate surface area is 120 Å². The zero-order chi connectivity index (χ0) is 13.9. The van der Waals surface area contributed by atoms with E-state index in [1.54, 1.807) is 0 Å². The fourth-order valence-electron chi connectivity index (χ4n) is 2.97. The topological polar surface area (TPSA) is 47.1 Å². The highest BCUT2D eigenvalue weighted by Crippen LogP contribution is 2.27. The monoisotopic (exact) mass is 270 g/mol. The van der Waals surface area contributed by atoms with Crippen molar-refractivity contribution in [3.8, 4) is 0 Å². The molecule has 0 saturated carbocycles. The Bertz CT molecular complexity index is 541. The molecule has 2 heterocycles. The molecule has 0 amide bonds. The van der Waals surface area contributed by atoms with Crippen LogP contribution in [0, 0.1) is 0 Å². The third-order valence-electron chi connectivity index (χ3n) is 4.25. The number of piperidine rings is 1. The molecule has 1 aromatic carbocycles. The summed E-state index contributed by atoms with van der Waals surface area (Å²) in [5, 5.41) is 0. The summed E-state index contributed by atoms with van der Waals surface area (Å²) in [5.74, 6) is 0. The van der Waals surface area contributed by atoms with Gasteiger partial charge in [0.2, 0.25) is 0 Å². The van der Waals surface area contributed by atoms with Gasteiger partial charge in [0.15, 0.2) is 0 Å². The maximum absolute atomic E-state index is 6.42. The number of nitrogens with zero attached hydrogens (tertiary/aromatic N) is 3. The lowest BCUT2D eigenvalue weighted by molar-refractivity contribution is 0.218. The smallest absolute Gasteiger partial charge is 0.0951 e. The van der Waals surface area contributed by atoms with E-state index in [0.717, 1.165) is 24.3 Å². The third-order valence-corrected chi connectivity index (χ3v) is 4.25. The molecule has 1 unspecified atom stereocenters. The first-order chi connectivity index (χ1) is 9.75. The summed E-state index contributed by atoms with van der Waals surface area (Å²) < 4.78 is 2.28. The molecular formula is C16H22N4. The van der Waals surface area contributed by atoms with Crippen molar-refractivity contribution in [3.63, 3.8) is 0 Å². The Hall–Kier alpha value is -1.65. The van der Waals surface area contributed by atoms with Crippen molar-refractivity contribution in [3.05, 3.63) is 54.1 Å². The first-order valence-electron chi connectivity index (χ1n) is 7.26. The van der Waals surface area contributed by atoms with Gasteiger partial charge in [-0.1, -0.05) is 30.3 Å². The van der Waals surface area contributed by atoms with Crippen molar-refractivity contribution in [2.24, 2.45) is 5.73 Å². The molecule has 3 rings (SSSR count). The summed E-state index contributed by atoms with van der Waals surface area (Å²) >= 11 is 0. The molecule has 1 atom stereocenters. The third kappa shape index (κ3) is 2.62. The van der Waals surface area contributed by atoms with Crippen LogP contribution in [0.15, 0.2) is 42.9 Å². The normalized spacial score (nSPS) is 19.1. The lowest BCUT2D eigenvalue weighted by Crippen LogP contribution is -2.32. The average Bonchev–Trinajstić information content (AvgIpc) is 2.97. The molecule has 106 valence electrons. The number of aromatic nitrogens is 2. The van der Waals surface area contributed by atoms with Crippen LogP contribution in [0.2, 0.25) is 0 Å². The van der Waals surface area contributed by atoms with E-state index in [-0.39, 0.29) is 6.04 Å². The van der Waals surface area contributed by atoms with Crippen LogP contribution in [-0.4, -0.2) is 34.6 Å². The highest BCUT2D eigenvalue weighted by atomic mass is 15.1. The summed E-state index contributed by atoms with van der Waals surface area (Å²) in [5.41, 5.74) is 8.68. The van der Waals surface area contributed by atoms with Crippen LogP contribution in [0.3, 0.4) is 0 Å². The van der Waals surface area contributed by atoms with Gasteiger partial charge >= 0.3 is 0 Å². The molecule has 20 heavy (non-hydrogen) atoms. The van der Waals surface area contributed by atoms with E-state index in [1.165, 1.54) is 12.8 Å². The minimum absolute atomic E-state index is 0.0987. The quantitative estimate of drug-likeness (QED) is 0.930. The van der Waals surface area contributed by atoms with Crippen molar-refractivity contribution >= 4 is 0 Å². The van der Waals surface area contributed by atoms with Crippen LogP contribution in [0.5, 0.6) is 0 Å². The van der Waals surface area contributed by atoms with Gasteiger partial charge in [0.05, 0.1) is 24.3 Å². The number of likely N-dealkylation sites (tertiary alicyclic amines) is 1. The molecule has 1 fully saturated rings. The highest BCUT2D eigenvalue weighted by Gasteiger charge is 2.22. The highest BCUT2D eigenvalue weighted by molar-refractivity contribution is 5.26.